The van der Waals surface area contributed by atoms with E-state index in [1.807, 2.05) is 18.2 Å². The lowest BCUT2D eigenvalue weighted by Crippen LogP contribution is -2.25. The molecule has 0 fully saturated rings. The summed E-state index contributed by atoms with van der Waals surface area (Å²) in [6.45, 7) is 7.12. The van der Waals surface area contributed by atoms with Crippen molar-refractivity contribution >= 4 is 0 Å². The summed E-state index contributed by atoms with van der Waals surface area (Å²) in [6.07, 6.45) is 0.149. The van der Waals surface area contributed by atoms with Crippen LogP contribution in [-0.4, -0.2) is 43.9 Å². The fraction of sp³-hybridized carbons (Fsp3) is 0.600. The zero-order valence-electron chi connectivity index (χ0n) is 12.3. The van der Waals surface area contributed by atoms with Gasteiger partial charge in [-0.25, -0.2) is 0 Å². The Morgan fingerprint density at radius 1 is 1.16 bits per heavy atom. The van der Waals surface area contributed by atoms with Gasteiger partial charge in [0.1, 0.15) is 11.5 Å². The largest absolute Gasteiger partial charge is 0.497 e. The molecule has 0 aliphatic heterocycles. The quantitative estimate of drug-likeness (QED) is 0.785. The average Bonchev–Trinajstić information content (AvgIpc) is 2.47. The van der Waals surface area contributed by atoms with E-state index in [1.165, 1.54) is 0 Å². The highest BCUT2D eigenvalue weighted by molar-refractivity contribution is 5.41. The van der Waals surface area contributed by atoms with Gasteiger partial charge in [-0.15, -0.1) is 0 Å². The van der Waals surface area contributed by atoms with Crippen LogP contribution in [0, 0.1) is 0 Å². The maximum absolute atomic E-state index is 10.3. The first-order valence-corrected chi connectivity index (χ1v) is 6.78. The maximum atomic E-state index is 10.3. The molecule has 4 nitrogen and oxygen atoms in total. The summed E-state index contributed by atoms with van der Waals surface area (Å²) in [5, 5.41) is 10.3. The zero-order valence-corrected chi connectivity index (χ0v) is 12.3. The van der Waals surface area contributed by atoms with E-state index in [9.17, 15) is 5.11 Å². The molecule has 0 heterocycles. The highest BCUT2D eigenvalue weighted by Crippen LogP contribution is 2.31. The molecule has 1 unspecified atom stereocenters. The number of benzene rings is 1. The molecule has 0 aliphatic rings. The second kappa shape index (κ2) is 8.02. The molecule has 0 saturated heterocycles. The minimum Gasteiger partial charge on any atom is -0.497 e. The Morgan fingerprint density at radius 2 is 1.84 bits per heavy atom. The van der Waals surface area contributed by atoms with E-state index < -0.39 is 6.10 Å². The molecule has 0 aliphatic carbocycles. The number of ether oxygens (including phenoxy) is 2. The van der Waals surface area contributed by atoms with Gasteiger partial charge in [-0.05, 0) is 37.7 Å². The molecule has 1 aromatic carbocycles. The van der Waals surface area contributed by atoms with E-state index in [0.717, 1.165) is 30.9 Å². The molecule has 1 rings (SSSR count). The number of nitrogens with zero attached hydrogens (tertiary/aromatic N) is 1. The number of hydrogen-bond donors (Lipinski definition) is 1. The molecule has 0 amide bonds. The fourth-order valence-corrected chi connectivity index (χ4v) is 2.10. The molecule has 1 N–H and O–H groups in total. The van der Waals surface area contributed by atoms with E-state index >= 15 is 0 Å². The summed E-state index contributed by atoms with van der Waals surface area (Å²) >= 11 is 0. The Bertz CT molecular complexity index is 378. The zero-order chi connectivity index (χ0) is 14.3. The van der Waals surface area contributed by atoms with Crippen LogP contribution in [0.25, 0.3) is 0 Å². The highest BCUT2D eigenvalue weighted by Gasteiger charge is 2.15. The van der Waals surface area contributed by atoms with Gasteiger partial charge in [-0.1, -0.05) is 13.8 Å². The van der Waals surface area contributed by atoms with Crippen molar-refractivity contribution in [3.8, 4) is 11.5 Å². The van der Waals surface area contributed by atoms with Crippen molar-refractivity contribution in [3.63, 3.8) is 0 Å². The Balaban J connectivity index is 2.76. The normalized spacial score (nSPS) is 12.5. The Morgan fingerprint density at radius 3 is 2.37 bits per heavy atom. The van der Waals surface area contributed by atoms with Crippen LogP contribution in [0.2, 0.25) is 0 Å². The molecule has 4 heteroatoms. The minimum absolute atomic E-state index is 0.536. The van der Waals surface area contributed by atoms with Crippen LogP contribution in [0.1, 0.15) is 31.9 Å². The van der Waals surface area contributed by atoms with Gasteiger partial charge in [0.15, 0.2) is 0 Å². The number of aliphatic hydroxyl groups is 1. The third kappa shape index (κ3) is 4.40. The molecule has 0 spiro atoms. The molecule has 0 aromatic heterocycles. The van der Waals surface area contributed by atoms with Gasteiger partial charge in [0.25, 0.3) is 0 Å². The summed E-state index contributed by atoms with van der Waals surface area (Å²) < 4.78 is 10.5. The van der Waals surface area contributed by atoms with Crippen LogP contribution in [0.4, 0.5) is 0 Å². The third-order valence-electron chi connectivity index (χ3n) is 3.41. The molecular weight excluding hydrogens is 242 g/mol. The van der Waals surface area contributed by atoms with Crippen molar-refractivity contribution in [2.45, 2.75) is 26.4 Å². The van der Waals surface area contributed by atoms with Crippen molar-refractivity contribution < 1.29 is 14.6 Å². The van der Waals surface area contributed by atoms with Gasteiger partial charge in [0.05, 0.1) is 20.3 Å². The molecule has 0 saturated carbocycles. The molecule has 1 atom stereocenters. The Labute approximate surface area is 115 Å². The van der Waals surface area contributed by atoms with Crippen LogP contribution in [0.15, 0.2) is 18.2 Å². The van der Waals surface area contributed by atoms with Gasteiger partial charge in [-0.2, -0.15) is 0 Å². The summed E-state index contributed by atoms with van der Waals surface area (Å²) in [7, 11) is 3.23. The molecule has 108 valence electrons. The number of rotatable bonds is 8. The summed E-state index contributed by atoms with van der Waals surface area (Å²) in [4.78, 5) is 2.29. The number of methoxy groups -OCH3 is 2. The van der Waals surface area contributed by atoms with Gasteiger partial charge in [0, 0.05) is 12.1 Å². The standard InChI is InChI=1S/C15H25NO3/c1-5-16(6-2)10-9-14(17)13-11-12(18-3)7-8-15(13)19-4/h7-8,11,14,17H,5-6,9-10H2,1-4H3. The SMILES string of the molecule is CCN(CC)CCC(O)c1cc(OC)ccc1OC. The fourth-order valence-electron chi connectivity index (χ4n) is 2.10. The first kappa shape index (κ1) is 15.8. The van der Waals surface area contributed by atoms with Crippen molar-refractivity contribution in [2.24, 2.45) is 0 Å². The molecule has 1 aromatic rings. The van der Waals surface area contributed by atoms with Crippen LogP contribution < -0.4 is 9.47 Å². The maximum Gasteiger partial charge on any atom is 0.124 e. The van der Waals surface area contributed by atoms with Crippen molar-refractivity contribution in [2.75, 3.05) is 33.9 Å². The van der Waals surface area contributed by atoms with E-state index in [1.54, 1.807) is 14.2 Å². The van der Waals surface area contributed by atoms with E-state index in [4.69, 9.17) is 9.47 Å². The first-order chi connectivity index (χ1) is 9.15. The smallest absolute Gasteiger partial charge is 0.124 e. The second-order valence-electron chi connectivity index (χ2n) is 4.44. The van der Waals surface area contributed by atoms with E-state index in [-0.39, 0.29) is 0 Å². The van der Waals surface area contributed by atoms with Gasteiger partial charge in [-0.3, -0.25) is 0 Å². The average molecular weight is 267 g/mol. The predicted molar refractivity (Wildman–Crippen MR) is 76.9 cm³/mol. The highest BCUT2D eigenvalue weighted by atomic mass is 16.5. The molecule has 19 heavy (non-hydrogen) atoms. The van der Waals surface area contributed by atoms with Crippen molar-refractivity contribution in [1.29, 1.82) is 0 Å². The predicted octanol–water partition coefficient (Wildman–Crippen LogP) is 2.47. The first-order valence-electron chi connectivity index (χ1n) is 6.78. The number of hydrogen-bond acceptors (Lipinski definition) is 4. The van der Waals surface area contributed by atoms with Crippen LogP contribution in [0.5, 0.6) is 11.5 Å². The van der Waals surface area contributed by atoms with Crippen molar-refractivity contribution in [3.05, 3.63) is 23.8 Å². The van der Waals surface area contributed by atoms with Gasteiger partial charge in [0.2, 0.25) is 0 Å². The minimum atomic E-state index is -0.536. The third-order valence-corrected chi connectivity index (χ3v) is 3.41. The summed E-state index contributed by atoms with van der Waals surface area (Å²) in [5.41, 5.74) is 0.786. The van der Waals surface area contributed by atoms with Gasteiger partial charge >= 0.3 is 0 Å². The topological polar surface area (TPSA) is 41.9 Å². The molecular formula is C15H25NO3. The second-order valence-corrected chi connectivity index (χ2v) is 4.44. The summed E-state index contributed by atoms with van der Waals surface area (Å²) in [5.74, 6) is 1.44. The van der Waals surface area contributed by atoms with E-state index in [2.05, 4.69) is 18.7 Å². The van der Waals surface area contributed by atoms with Crippen LogP contribution in [-0.2, 0) is 0 Å². The molecule has 0 bridgehead atoms. The van der Waals surface area contributed by atoms with Crippen molar-refractivity contribution in [1.82, 2.24) is 4.90 Å². The van der Waals surface area contributed by atoms with Crippen LogP contribution >= 0.6 is 0 Å². The Kier molecular flexibility index (Phi) is 6.67. The van der Waals surface area contributed by atoms with Gasteiger partial charge < -0.3 is 19.5 Å². The lowest BCUT2D eigenvalue weighted by Gasteiger charge is -2.21. The number of aliphatic hydroxyl groups excluding tert-OH is 1. The monoisotopic (exact) mass is 267 g/mol. The Hall–Kier alpha value is -1.26. The lowest BCUT2D eigenvalue weighted by molar-refractivity contribution is 0.142. The lowest BCUT2D eigenvalue weighted by atomic mass is 10.0. The summed E-state index contributed by atoms with van der Waals surface area (Å²) in [6, 6.07) is 5.50. The molecule has 0 radical (unpaired) electrons. The van der Waals surface area contributed by atoms with E-state index in [0.29, 0.717) is 12.2 Å². The van der Waals surface area contributed by atoms with Crippen LogP contribution in [0.3, 0.4) is 0 Å².